The Morgan fingerprint density at radius 2 is 2.20 bits per heavy atom. The number of halogens is 1. The number of amidine groups is 1. The zero-order valence-electron chi connectivity index (χ0n) is 8.56. The summed E-state index contributed by atoms with van der Waals surface area (Å²) < 4.78 is 0. The van der Waals surface area contributed by atoms with E-state index in [-0.39, 0.29) is 23.2 Å². The molecule has 0 bridgehead atoms. The first-order chi connectivity index (χ1) is 6.97. The second kappa shape index (κ2) is 4.40. The van der Waals surface area contributed by atoms with Gasteiger partial charge in [-0.2, -0.15) is 0 Å². The van der Waals surface area contributed by atoms with Crippen molar-refractivity contribution in [1.29, 1.82) is 0 Å². The number of dihydropyridines is 1. The first-order valence-electron chi connectivity index (χ1n) is 4.46. The number of hydrogen-bond acceptors (Lipinski definition) is 3. The van der Waals surface area contributed by atoms with Gasteiger partial charge >= 0.3 is 0 Å². The summed E-state index contributed by atoms with van der Waals surface area (Å²) in [5.41, 5.74) is 0.933. The summed E-state index contributed by atoms with van der Waals surface area (Å²) in [4.78, 5) is 26.5. The van der Waals surface area contributed by atoms with Crippen molar-refractivity contribution in [2.24, 2.45) is 4.99 Å². The third-order valence-corrected chi connectivity index (χ3v) is 2.46. The minimum Gasteiger partial charge on any atom is -0.307 e. The van der Waals surface area contributed by atoms with Gasteiger partial charge in [-0.05, 0) is 12.5 Å². The number of nitrogens with one attached hydrogen (secondary N) is 1. The van der Waals surface area contributed by atoms with E-state index in [2.05, 4.69) is 16.9 Å². The molecule has 0 aromatic carbocycles. The van der Waals surface area contributed by atoms with Crippen molar-refractivity contribution < 1.29 is 9.59 Å². The van der Waals surface area contributed by atoms with E-state index in [0.29, 0.717) is 11.3 Å². The Morgan fingerprint density at radius 3 is 2.73 bits per heavy atom. The number of ketones is 1. The van der Waals surface area contributed by atoms with Crippen molar-refractivity contribution in [2.45, 2.75) is 20.3 Å². The lowest BCUT2D eigenvalue weighted by molar-refractivity contribution is -0.120. The van der Waals surface area contributed by atoms with Gasteiger partial charge in [0, 0.05) is 6.42 Å². The Balaban J connectivity index is 2.95. The van der Waals surface area contributed by atoms with Gasteiger partial charge in [-0.3, -0.25) is 9.59 Å². The van der Waals surface area contributed by atoms with Crippen LogP contribution in [-0.4, -0.2) is 17.5 Å². The smallest absolute Gasteiger partial charge is 0.240 e. The standard InChI is InChI=1S/C10H11ClN2O2/c1-4-7(14)13-10-9(15)8(11)5(2)6(3)12-10/h3-4H2,1-2H3,(H,12,13,14). The van der Waals surface area contributed by atoms with Crippen LogP contribution in [0.4, 0.5) is 0 Å². The minimum absolute atomic E-state index is 0.0533. The maximum atomic E-state index is 11.6. The molecule has 0 spiro atoms. The summed E-state index contributed by atoms with van der Waals surface area (Å²) in [5, 5.41) is 2.44. The Kier molecular flexibility index (Phi) is 3.42. The molecule has 0 saturated carbocycles. The molecule has 0 atom stereocenters. The molecule has 1 aliphatic heterocycles. The number of hydrogen-bond donors (Lipinski definition) is 1. The first kappa shape index (κ1) is 11.7. The molecule has 0 fully saturated rings. The molecule has 5 heteroatoms. The fraction of sp³-hybridized carbons (Fsp3) is 0.300. The van der Waals surface area contributed by atoms with Gasteiger partial charge in [-0.25, -0.2) is 4.99 Å². The summed E-state index contributed by atoms with van der Waals surface area (Å²) in [6, 6.07) is 0. The summed E-state index contributed by atoms with van der Waals surface area (Å²) >= 11 is 5.77. The highest BCUT2D eigenvalue weighted by atomic mass is 35.5. The van der Waals surface area contributed by atoms with Crippen molar-refractivity contribution >= 4 is 29.1 Å². The van der Waals surface area contributed by atoms with E-state index in [9.17, 15) is 9.59 Å². The van der Waals surface area contributed by atoms with Gasteiger partial charge in [0.1, 0.15) is 0 Å². The van der Waals surface area contributed by atoms with E-state index < -0.39 is 5.78 Å². The van der Waals surface area contributed by atoms with Crippen molar-refractivity contribution in [3.05, 3.63) is 22.9 Å². The third kappa shape index (κ3) is 2.33. The van der Waals surface area contributed by atoms with Gasteiger partial charge in [0.25, 0.3) is 0 Å². The summed E-state index contributed by atoms with van der Waals surface area (Å²) in [7, 11) is 0. The third-order valence-electron chi connectivity index (χ3n) is 2.00. The number of amides is 1. The maximum Gasteiger partial charge on any atom is 0.240 e. The van der Waals surface area contributed by atoms with Crippen molar-refractivity contribution in [3.8, 4) is 0 Å². The lowest BCUT2D eigenvalue weighted by Gasteiger charge is -2.14. The molecular weight excluding hydrogens is 216 g/mol. The predicted molar refractivity (Wildman–Crippen MR) is 58.6 cm³/mol. The van der Waals surface area contributed by atoms with Crippen molar-refractivity contribution in [1.82, 2.24) is 5.32 Å². The highest BCUT2D eigenvalue weighted by Crippen LogP contribution is 2.22. The maximum absolute atomic E-state index is 11.6. The van der Waals surface area contributed by atoms with Crippen LogP contribution in [0.5, 0.6) is 0 Å². The van der Waals surface area contributed by atoms with Crippen LogP contribution in [0, 0.1) is 0 Å². The predicted octanol–water partition coefficient (Wildman–Crippen LogP) is 1.52. The Bertz CT molecular complexity index is 408. The van der Waals surface area contributed by atoms with Crippen LogP contribution in [-0.2, 0) is 9.59 Å². The normalized spacial score (nSPS) is 16.6. The zero-order chi connectivity index (χ0) is 11.6. The van der Waals surface area contributed by atoms with E-state index in [1.165, 1.54) is 0 Å². The second-order valence-corrected chi connectivity index (χ2v) is 3.45. The largest absolute Gasteiger partial charge is 0.307 e. The highest BCUT2D eigenvalue weighted by Gasteiger charge is 2.24. The van der Waals surface area contributed by atoms with Crippen LogP contribution in [0.25, 0.3) is 0 Å². The summed E-state index contributed by atoms with van der Waals surface area (Å²) in [6.45, 7) is 6.97. The molecule has 1 heterocycles. The van der Waals surface area contributed by atoms with E-state index in [1.54, 1.807) is 13.8 Å². The SMILES string of the molecule is C=C1N=C(NC(=O)CC)C(=O)C(Cl)=C1C. The molecule has 80 valence electrons. The lowest BCUT2D eigenvalue weighted by Crippen LogP contribution is -2.37. The quantitative estimate of drug-likeness (QED) is 0.737. The molecule has 1 N–H and O–H groups in total. The molecule has 4 nitrogen and oxygen atoms in total. The van der Waals surface area contributed by atoms with E-state index >= 15 is 0 Å². The number of aliphatic imine (C=N–C) groups is 1. The fourth-order valence-electron chi connectivity index (χ4n) is 0.976. The van der Waals surface area contributed by atoms with Gasteiger partial charge in [-0.1, -0.05) is 25.1 Å². The Morgan fingerprint density at radius 1 is 1.60 bits per heavy atom. The molecule has 1 rings (SSSR count). The molecule has 0 saturated heterocycles. The molecule has 0 aliphatic carbocycles. The van der Waals surface area contributed by atoms with Gasteiger partial charge in [-0.15, -0.1) is 0 Å². The van der Waals surface area contributed by atoms with E-state index in [1.807, 2.05) is 0 Å². The van der Waals surface area contributed by atoms with Crippen LogP contribution >= 0.6 is 11.6 Å². The number of nitrogens with zero attached hydrogens (tertiary/aromatic N) is 1. The van der Waals surface area contributed by atoms with Gasteiger partial charge in [0.2, 0.25) is 11.7 Å². The molecule has 1 aliphatic rings. The van der Waals surface area contributed by atoms with Gasteiger partial charge in [0.05, 0.1) is 10.7 Å². The lowest BCUT2D eigenvalue weighted by atomic mass is 10.1. The molecule has 0 aromatic rings. The molecule has 15 heavy (non-hydrogen) atoms. The van der Waals surface area contributed by atoms with Crippen LogP contribution in [0.3, 0.4) is 0 Å². The number of rotatable bonds is 1. The van der Waals surface area contributed by atoms with Crippen molar-refractivity contribution in [2.75, 3.05) is 0 Å². The van der Waals surface area contributed by atoms with E-state index in [0.717, 1.165) is 0 Å². The fourth-order valence-corrected chi connectivity index (χ4v) is 1.17. The zero-order valence-corrected chi connectivity index (χ0v) is 9.31. The average Bonchev–Trinajstić information content (AvgIpc) is 2.22. The second-order valence-electron chi connectivity index (χ2n) is 3.08. The van der Waals surface area contributed by atoms with Crippen molar-refractivity contribution in [3.63, 3.8) is 0 Å². The number of allylic oxidation sites excluding steroid dienone is 1. The first-order valence-corrected chi connectivity index (χ1v) is 4.84. The summed E-state index contributed by atoms with van der Waals surface area (Å²) in [5.74, 6) is -0.801. The Labute approximate surface area is 92.7 Å². The number of Topliss-reactive ketones (excluding diaryl/α,β-unsaturated/α-hetero) is 1. The number of carbonyl (C=O) groups is 2. The molecule has 1 amide bonds. The molecule has 0 radical (unpaired) electrons. The highest BCUT2D eigenvalue weighted by molar-refractivity contribution is 6.60. The van der Waals surface area contributed by atoms with Gasteiger partial charge in [0.15, 0.2) is 5.84 Å². The van der Waals surface area contributed by atoms with Gasteiger partial charge < -0.3 is 5.32 Å². The van der Waals surface area contributed by atoms with E-state index in [4.69, 9.17) is 11.6 Å². The molecule has 0 unspecified atom stereocenters. The molecule has 0 aromatic heterocycles. The molecular formula is C10H11ClN2O2. The number of carbonyl (C=O) groups excluding carboxylic acids is 2. The van der Waals surface area contributed by atoms with Crippen LogP contribution in [0.1, 0.15) is 20.3 Å². The summed E-state index contributed by atoms with van der Waals surface area (Å²) in [6.07, 6.45) is 0.277. The Hall–Kier alpha value is -1.42. The minimum atomic E-state index is -0.469. The van der Waals surface area contributed by atoms with Crippen LogP contribution in [0.15, 0.2) is 27.9 Å². The monoisotopic (exact) mass is 226 g/mol. The van der Waals surface area contributed by atoms with Crippen LogP contribution in [0.2, 0.25) is 0 Å². The topological polar surface area (TPSA) is 58.5 Å². The van der Waals surface area contributed by atoms with Crippen LogP contribution < -0.4 is 5.32 Å². The average molecular weight is 227 g/mol.